The van der Waals surface area contributed by atoms with Crippen molar-refractivity contribution < 1.29 is 9.47 Å². The molecule has 4 nitrogen and oxygen atoms in total. The second kappa shape index (κ2) is 4.80. The summed E-state index contributed by atoms with van der Waals surface area (Å²) in [7, 11) is 0. The number of nitrogens with zero attached hydrogens (tertiary/aromatic N) is 1. The van der Waals surface area contributed by atoms with Crippen molar-refractivity contribution in [1.29, 1.82) is 0 Å². The van der Waals surface area contributed by atoms with Gasteiger partial charge in [-0.15, -0.1) is 0 Å². The highest BCUT2D eigenvalue weighted by Crippen LogP contribution is 2.43. The fraction of sp³-hybridized carbons (Fsp3) is 0.312. The van der Waals surface area contributed by atoms with Gasteiger partial charge in [-0.2, -0.15) is 0 Å². The SMILES string of the molecule is CC1(C)Cc2cccc(Oc3ccnc(CN)c3)c2O1. The molecule has 4 heteroatoms. The molecule has 1 aliphatic rings. The van der Waals surface area contributed by atoms with Crippen molar-refractivity contribution in [3.8, 4) is 17.2 Å². The van der Waals surface area contributed by atoms with Gasteiger partial charge in [0.05, 0.1) is 5.69 Å². The fourth-order valence-electron chi connectivity index (χ4n) is 2.43. The monoisotopic (exact) mass is 270 g/mol. The minimum absolute atomic E-state index is 0.178. The number of pyridine rings is 1. The van der Waals surface area contributed by atoms with Crippen molar-refractivity contribution in [1.82, 2.24) is 4.98 Å². The van der Waals surface area contributed by atoms with Gasteiger partial charge < -0.3 is 15.2 Å². The number of nitrogens with two attached hydrogens (primary N) is 1. The first-order valence-corrected chi connectivity index (χ1v) is 6.71. The lowest BCUT2D eigenvalue weighted by Gasteiger charge is -2.18. The quantitative estimate of drug-likeness (QED) is 0.931. The summed E-state index contributed by atoms with van der Waals surface area (Å²) in [6, 6.07) is 9.65. The van der Waals surface area contributed by atoms with Crippen LogP contribution < -0.4 is 15.2 Å². The van der Waals surface area contributed by atoms with Crippen LogP contribution in [0.3, 0.4) is 0 Å². The molecule has 0 unspecified atom stereocenters. The molecule has 2 aromatic rings. The van der Waals surface area contributed by atoms with Gasteiger partial charge in [-0.05, 0) is 26.0 Å². The standard InChI is InChI=1S/C16H18N2O2/c1-16(2)9-11-4-3-5-14(15(11)20-16)19-13-6-7-18-12(8-13)10-17/h3-8H,9-10,17H2,1-2H3. The van der Waals surface area contributed by atoms with E-state index in [0.29, 0.717) is 6.54 Å². The molecule has 0 bridgehead atoms. The van der Waals surface area contributed by atoms with Crippen molar-refractivity contribution in [2.24, 2.45) is 5.73 Å². The van der Waals surface area contributed by atoms with Crippen LogP contribution in [-0.4, -0.2) is 10.6 Å². The Balaban J connectivity index is 1.91. The molecule has 0 radical (unpaired) electrons. The number of aromatic nitrogens is 1. The van der Waals surface area contributed by atoms with E-state index < -0.39 is 0 Å². The van der Waals surface area contributed by atoms with Crippen LogP contribution in [0, 0.1) is 0 Å². The summed E-state index contributed by atoms with van der Waals surface area (Å²) in [6.07, 6.45) is 2.59. The molecular formula is C16H18N2O2. The van der Waals surface area contributed by atoms with Gasteiger partial charge in [0.1, 0.15) is 11.4 Å². The molecule has 0 spiro atoms. The molecule has 0 aliphatic carbocycles. The van der Waals surface area contributed by atoms with E-state index >= 15 is 0 Å². The van der Waals surface area contributed by atoms with Crippen molar-refractivity contribution in [2.45, 2.75) is 32.4 Å². The largest absolute Gasteiger partial charge is 0.483 e. The first-order valence-electron chi connectivity index (χ1n) is 6.71. The summed E-state index contributed by atoms with van der Waals surface area (Å²) in [5, 5.41) is 0. The topological polar surface area (TPSA) is 57.4 Å². The lowest BCUT2D eigenvalue weighted by molar-refractivity contribution is 0.135. The Morgan fingerprint density at radius 1 is 1.35 bits per heavy atom. The van der Waals surface area contributed by atoms with Gasteiger partial charge in [-0.1, -0.05) is 12.1 Å². The second-order valence-electron chi connectivity index (χ2n) is 5.57. The van der Waals surface area contributed by atoms with Crippen LogP contribution in [0.2, 0.25) is 0 Å². The van der Waals surface area contributed by atoms with Crippen LogP contribution in [0.1, 0.15) is 25.1 Å². The fourth-order valence-corrected chi connectivity index (χ4v) is 2.43. The first-order chi connectivity index (χ1) is 9.57. The van der Waals surface area contributed by atoms with Crippen LogP contribution in [0.4, 0.5) is 0 Å². The van der Waals surface area contributed by atoms with Gasteiger partial charge in [-0.3, -0.25) is 4.98 Å². The summed E-state index contributed by atoms with van der Waals surface area (Å²) < 4.78 is 11.9. The Bertz CT molecular complexity index is 638. The van der Waals surface area contributed by atoms with Gasteiger partial charge in [0.2, 0.25) is 0 Å². The van der Waals surface area contributed by atoms with E-state index in [-0.39, 0.29) is 5.60 Å². The molecule has 1 aromatic carbocycles. The Morgan fingerprint density at radius 3 is 3.00 bits per heavy atom. The maximum absolute atomic E-state index is 5.99. The number of ether oxygens (including phenoxy) is 2. The van der Waals surface area contributed by atoms with Crippen molar-refractivity contribution >= 4 is 0 Å². The van der Waals surface area contributed by atoms with Crippen LogP contribution in [0.5, 0.6) is 17.2 Å². The molecule has 0 saturated heterocycles. The van der Waals surface area contributed by atoms with Crippen molar-refractivity contribution in [2.75, 3.05) is 0 Å². The predicted molar refractivity (Wildman–Crippen MR) is 77.1 cm³/mol. The molecule has 104 valence electrons. The lowest BCUT2D eigenvalue weighted by Crippen LogP contribution is -2.24. The average Bonchev–Trinajstić information content (AvgIpc) is 2.74. The summed E-state index contributed by atoms with van der Waals surface area (Å²) >= 11 is 0. The van der Waals surface area contributed by atoms with E-state index in [2.05, 4.69) is 24.9 Å². The molecular weight excluding hydrogens is 252 g/mol. The summed E-state index contributed by atoms with van der Waals surface area (Å²) in [4.78, 5) is 4.16. The number of benzene rings is 1. The van der Waals surface area contributed by atoms with Gasteiger partial charge in [-0.25, -0.2) is 0 Å². The first kappa shape index (κ1) is 12.9. The van der Waals surface area contributed by atoms with Crippen LogP contribution >= 0.6 is 0 Å². The highest BCUT2D eigenvalue weighted by atomic mass is 16.5. The zero-order chi connectivity index (χ0) is 14.2. The van der Waals surface area contributed by atoms with Crippen LogP contribution in [0.15, 0.2) is 36.5 Å². The Morgan fingerprint density at radius 2 is 2.20 bits per heavy atom. The average molecular weight is 270 g/mol. The molecule has 1 aromatic heterocycles. The third-order valence-corrected chi connectivity index (χ3v) is 3.28. The smallest absolute Gasteiger partial charge is 0.169 e. The zero-order valence-corrected chi connectivity index (χ0v) is 11.7. The minimum atomic E-state index is -0.178. The van der Waals surface area contributed by atoms with Crippen molar-refractivity contribution in [3.63, 3.8) is 0 Å². The number of fused-ring (bicyclic) bond motifs is 1. The van der Waals surface area contributed by atoms with Crippen LogP contribution in [-0.2, 0) is 13.0 Å². The molecule has 2 heterocycles. The molecule has 3 rings (SSSR count). The molecule has 20 heavy (non-hydrogen) atoms. The minimum Gasteiger partial charge on any atom is -0.483 e. The summed E-state index contributed by atoms with van der Waals surface area (Å²) in [5.74, 6) is 2.30. The van der Waals surface area contributed by atoms with E-state index in [1.54, 1.807) is 6.20 Å². The molecule has 0 amide bonds. The van der Waals surface area contributed by atoms with Gasteiger partial charge >= 0.3 is 0 Å². The molecule has 1 aliphatic heterocycles. The summed E-state index contributed by atoms with van der Waals surface area (Å²) in [6.45, 7) is 4.55. The number of hydrogen-bond acceptors (Lipinski definition) is 4. The molecule has 0 atom stereocenters. The summed E-state index contributed by atoms with van der Waals surface area (Å²) in [5.41, 5.74) is 7.40. The highest BCUT2D eigenvalue weighted by Gasteiger charge is 2.32. The normalized spacial score (nSPS) is 15.6. The van der Waals surface area contributed by atoms with E-state index in [9.17, 15) is 0 Å². The van der Waals surface area contributed by atoms with E-state index in [4.69, 9.17) is 15.2 Å². The van der Waals surface area contributed by atoms with E-state index in [1.807, 2.05) is 24.3 Å². The van der Waals surface area contributed by atoms with Gasteiger partial charge in [0, 0.05) is 30.8 Å². The Kier molecular flexibility index (Phi) is 3.10. The Hall–Kier alpha value is -2.07. The maximum atomic E-state index is 5.99. The maximum Gasteiger partial charge on any atom is 0.169 e. The lowest BCUT2D eigenvalue weighted by atomic mass is 10.0. The molecule has 0 fully saturated rings. The molecule has 0 saturated carbocycles. The second-order valence-corrected chi connectivity index (χ2v) is 5.57. The third-order valence-electron chi connectivity index (χ3n) is 3.28. The van der Waals surface area contributed by atoms with Crippen LogP contribution in [0.25, 0.3) is 0 Å². The number of rotatable bonds is 3. The van der Waals surface area contributed by atoms with E-state index in [0.717, 1.165) is 29.4 Å². The van der Waals surface area contributed by atoms with Gasteiger partial charge in [0.15, 0.2) is 11.5 Å². The van der Waals surface area contributed by atoms with Crippen molar-refractivity contribution in [3.05, 3.63) is 47.8 Å². The molecule has 2 N–H and O–H groups in total. The van der Waals surface area contributed by atoms with Gasteiger partial charge in [0.25, 0.3) is 0 Å². The Labute approximate surface area is 118 Å². The predicted octanol–water partition coefficient (Wildman–Crippen LogP) is 3.05. The zero-order valence-electron chi connectivity index (χ0n) is 11.7. The van der Waals surface area contributed by atoms with E-state index in [1.165, 1.54) is 5.56 Å². The number of hydrogen-bond donors (Lipinski definition) is 1. The third kappa shape index (κ3) is 2.47. The number of para-hydroxylation sites is 1. The highest BCUT2D eigenvalue weighted by molar-refractivity contribution is 5.51.